The summed E-state index contributed by atoms with van der Waals surface area (Å²) in [7, 11) is 0. The number of hydrazone groups is 1. The van der Waals surface area contributed by atoms with Crippen LogP contribution >= 0.6 is 0 Å². The van der Waals surface area contributed by atoms with E-state index in [1.54, 1.807) is 6.21 Å². The Labute approximate surface area is 102 Å². The van der Waals surface area contributed by atoms with Crippen LogP contribution in [0.25, 0.3) is 0 Å². The topological polar surface area (TPSA) is 38.4 Å². The molecule has 2 aromatic rings. The molecule has 0 aliphatic heterocycles. The van der Waals surface area contributed by atoms with Crippen LogP contribution in [0.15, 0.2) is 59.7 Å². The van der Waals surface area contributed by atoms with E-state index >= 15 is 0 Å². The maximum absolute atomic E-state index is 5.21. The van der Waals surface area contributed by atoms with Crippen LogP contribution in [0.5, 0.6) is 0 Å². The summed E-state index contributed by atoms with van der Waals surface area (Å²) in [6, 6.07) is 18.7. The third-order valence-corrected chi connectivity index (χ3v) is 2.79. The van der Waals surface area contributed by atoms with Crippen LogP contribution < -0.4 is 5.84 Å². The molecule has 2 nitrogen and oxygen atoms in total. The molecule has 0 radical (unpaired) electrons. The standard InChI is InChI=1S/C15H16N2/c16-17-12-15-9-5-4-8-14(15)11-10-13-6-2-1-3-7-13/h1-9,12H,10-11,16H2. The number of nitrogens with zero attached hydrogens (tertiary/aromatic N) is 1. The Morgan fingerprint density at radius 2 is 1.59 bits per heavy atom. The largest absolute Gasteiger partial charge is 0.323 e. The van der Waals surface area contributed by atoms with Gasteiger partial charge in [-0.1, -0.05) is 54.6 Å². The van der Waals surface area contributed by atoms with Crippen LogP contribution in [0.4, 0.5) is 0 Å². The number of hydrogen-bond donors (Lipinski definition) is 1. The summed E-state index contributed by atoms with van der Waals surface area (Å²) in [5, 5.41) is 3.60. The summed E-state index contributed by atoms with van der Waals surface area (Å²) < 4.78 is 0. The third-order valence-electron chi connectivity index (χ3n) is 2.79. The zero-order valence-corrected chi connectivity index (χ0v) is 9.71. The van der Waals surface area contributed by atoms with Crippen molar-refractivity contribution in [2.24, 2.45) is 10.9 Å². The molecule has 0 aromatic heterocycles. The molecule has 86 valence electrons. The van der Waals surface area contributed by atoms with E-state index in [0.717, 1.165) is 18.4 Å². The Kier molecular flexibility index (Phi) is 3.92. The van der Waals surface area contributed by atoms with Gasteiger partial charge in [0.1, 0.15) is 0 Å². The molecule has 0 spiro atoms. The van der Waals surface area contributed by atoms with Crippen molar-refractivity contribution in [3.63, 3.8) is 0 Å². The van der Waals surface area contributed by atoms with Gasteiger partial charge in [0.15, 0.2) is 0 Å². The van der Waals surface area contributed by atoms with E-state index in [1.165, 1.54) is 11.1 Å². The SMILES string of the molecule is NN=Cc1ccccc1CCc1ccccc1. The highest BCUT2D eigenvalue weighted by molar-refractivity contribution is 5.81. The van der Waals surface area contributed by atoms with Gasteiger partial charge in [0.25, 0.3) is 0 Å². The van der Waals surface area contributed by atoms with E-state index in [2.05, 4.69) is 35.4 Å². The van der Waals surface area contributed by atoms with Gasteiger partial charge in [-0.25, -0.2) is 0 Å². The van der Waals surface area contributed by atoms with Gasteiger partial charge in [-0.15, -0.1) is 0 Å². The minimum absolute atomic E-state index is 1.01. The molecule has 2 aromatic carbocycles. The molecule has 17 heavy (non-hydrogen) atoms. The van der Waals surface area contributed by atoms with Crippen LogP contribution in [0.3, 0.4) is 0 Å². The van der Waals surface area contributed by atoms with Crippen molar-refractivity contribution in [3.05, 3.63) is 71.3 Å². The lowest BCUT2D eigenvalue weighted by atomic mass is 10.0. The number of rotatable bonds is 4. The quantitative estimate of drug-likeness (QED) is 0.484. The van der Waals surface area contributed by atoms with E-state index in [1.807, 2.05) is 24.3 Å². The maximum atomic E-state index is 5.21. The molecule has 2 rings (SSSR count). The molecule has 0 fully saturated rings. The monoisotopic (exact) mass is 224 g/mol. The zero-order chi connectivity index (χ0) is 11.9. The molecule has 2 heteroatoms. The highest BCUT2D eigenvalue weighted by Gasteiger charge is 2.00. The van der Waals surface area contributed by atoms with Crippen LogP contribution in [0, 0.1) is 0 Å². The molecule has 0 atom stereocenters. The molecular formula is C15H16N2. The molecule has 0 unspecified atom stereocenters. The van der Waals surface area contributed by atoms with Crippen LogP contribution in [0.1, 0.15) is 16.7 Å². The maximum Gasteiger partial charge on any atom is 0.0540 e. The minimum atomic E-state index is 1.01. The summed E-state index contributed by atoms with van der Waals surface area (Å²) in [5.41, 5.74) is 3.74. The molecule has 0 saturated carbocycles. The van der Waals surface area contributed by atoms with Crippen molar-refractivity contribution in [1.82, 2.24) is 0 Å². The molecule has 2 N–H and O–H groups in total. The summed E-state index contributed by atoms with van der Waals surface area (Å²) in [4.78, 5) is 0. The van der Waals surface area contributed by atoms with Crippen LogP contribution in [-0.4, -0.2) is 6.21 Å². The Morgan fingerprint density at radius 1 is 0.882 bits per heavy atom. The van der Waals surface area contributed by atoms with Gasteiger partial charge in [0.05, 0.1) is 6.21 Å². The fourth-order valence-electron chi connectivity index (χ4n) is 1.89. The molecule has 0 saturated heterocycles. The third kappa shape index (κ3) is 3.18. The van der Waals surface area contributed by atoms with Gasteiger partial charge >= 0.3 is 0 Å². The van der Waals surface area contributed by atoms with Crippen molar-refractivity contribution in [2.45, 2.75) is 12.8 Å². The Bertz CT molecular complexity index is 489. The van der Waals surface area contributed by atoms with Gasteiger partial charge < -0.3 is 5.84 Å². The normalized spacial score (nSPS) is 10.8. The summed E-state index contributed by atoms with van der Waals surface area (Å²) >= 11 is 0. The Hall–Kier alpha value is -2.09. The van der Waals surface area contributed by atoms with Crippen LogP contribution in [0.2, 0.25) is 0 Å². The predicted molar refractivity (Wildman–Crippen MR) is 72.1 cm³/mol. The lowest BCUT2D eigenvalue weighted by molar-refractivity contribution is 0.958. The predicted octanol–water partition coefficient (Wildman–Crippen LogP) is 2.76. The Morgan fingerprint density at radius 3 is 2.35 bits per heavy atom. The van der Waals surface area contributed by atoms with E-state index in [0.29, 0.717) is 0 Å². The van der Waals surface area contributed by atoms with Gasteiger partial charge in [-0.05, 0) is 29.5 Å². The van der Waals surface area contributed by atoms with Crippen molar-refractivity contribution in [1.29, 1.82) is 0 Å². The number of benzene rings is 2. The molecule has 0 heterocycles. The van der Waals surface area contributed by atoms with Crippen molar-refractivity contribution < 1.29 is 0 Å². The number of aryl methyl sites for hydroxylation is 2. The first-order chi connectivity index (χ1) is 8.40. The van der Waals surface area contributed by atoms with Crippen LogP contribution in [-0.2, 0) is 12.8 Å². The fourth-order valence-corrected chi connectivity index (χ4v) is 1.89. The van der Waals surface area contributed by atoms with E-state index < -0.39 is 0 Å². The molecule has 0 bridgehead atoms. The average molecular weight is 224 g/mol. The number of nitrogens with two attached hydrogens (primary N) is 1. The zero-order valence-electron chi connectivity index (χ0n) is 9.71. The van der Waals surface area contributed by atoms with E-state index in [9.17, 15) is 0 Å². The second kappa shape index (κ2) is 5.85. The fraction of sp³-hybridized carbons (Fsp3) is 0.133. The molecule has 0 aliphatic rings. The summed E-state index contributed by atoms with van der Waals surface area (Å²) in [6.45, 7) is 0. The Balaban J connectivity index is 2.09. The first-order valence-corrected chi connectivity index (χ1v) is 5.75. The van der Waals surface area contributed by atoms with Gasteiger partial charge in [-0.2, -0.15) is 5.10 Å². The summed E-state index contributed by atoms with van der Waals surface area (Å²) in [6.07, 6.45) is 3.75. The summed E-state index contributed by atoms with van der Waals surface area (Å²) in [5.74, 6) is 5.21. The van der Waals surface area contributed by atoms with Crippen molar-refractivity contribution >= 4 is 6.21 Å². The second-order valence-electron chi connectivity index (χ2n) is 3.96. The minimum Gasteiger partial charge on any atom is -0.323 e. The van der Waals surface area contributed by atoms with Crippen molar-refractivity contribution in [2.75, 3.05) is 0 Å². The van der Waals surface area contributed by atoms with E-state index in [4.69, 9.17) is 5.84 Å². The van der Waals surface area contributed by atoms with Gasteiger partial charge in [0.2, 0.25) is 0 Å². The van der Waals surface area contributed by atoms with Gasteiger partial charge in [-0.3, -0.25) is 0 Å². The van der Waals surface area contributed by atoms with Gasteiger partial charge in [0, 0.05) is 0 Å². The highest BCUT2D eigenvalue weighted by atomic mass is 15.1. The lowest BCUT2D eigenvalue weighted by Crippen LogP contribution is -1.97. The average Bonchev–Trinajstić information content (AvgIpc) is 2.39. The molecule has 0 aliphatic carbocycles. The first-order valence-electron chi connectivity index (χ1n) is 5.75. The second-order valence-corrected chi connectivity index (χ2v) is 3.96. The lowest BCUT2D eigenvalue weighted by Gasteiger charge is -2.05. The molecular weight excluding hydrogens is 208 g/mol. The van der Waals surface area contributed by atoms with E-state index in [-0.39, 0.29) is 0 Å². The number of hydrogen-bond acceptors (Lipinski definition) is 2. The molecule has 0 amide bonds. The van der Waals surface area contributed by atoms with Crippen molar-refractivity contribution in [3.8, 4) is 0 Å². The smallest absolute Gasteiger partial charge is 0.0540 e. The first kappa shape index (κ1) is 11.4. The highest BCUT2D eigenvalue weighted by Crippen LogP contribution is 2.11.